The molecular weight excluding hydrogens is 310 g/mol. The van der Waals surface area contributed by atoms with Crippen LogP contribution in [0.3, 0.4) is 0 Å². The van der Waals surface area contributed by atoms with Crippen LogP contribution >= 0.6 is 12.4 Å². The van der Waals surface area contributed by atoms with Gasteiger partial charge in [0.05, 0.1) is 13.2 Å². The maximum absolute atomic E-state index is 11.1. The fraction of sp³-hybridized carbons (Fsp3) is 0.400. The van der Waals surface area contributed by atoms with Crippen molar-refractivity contribution in [2.45, 2.75) is 0 Å². The quantitative estimate of drug-likeness (QED) is 0.861. The highest BCUT2D eigenvalue weighted by Crippen LogP contribution is 2.30. The van der Waals surface area contributed by atoms with Crippen molar-refractivity contribution in [2.75, 3.05) is 39.5 Å². The molecule has 6 nitrogen and oxygen atoms in total. The fourth-order valence-electron chi connectivity index (χ4n) is 2.31. The van der Waals surface area contributed by atoms with Crippen LogP contribution < -0.4 is 10.4 Å². The third kappa shape index (κ3) is 3.91. The number of aromatic hydroxyl groups is 1. The summed E-state index contributed by atoms with van der Waals surface area (Å²) in [7, 11) is 0. The van der Waals surface area contributed by atoms with E-state index in [4.69, 9.17) is 13.9 Å². The third-order valence-electron chi connectivity index (χ3n) is 3.47. The zero-order valence-electron chi connectivity index (χ0n) is 12.0. The highest BCUT2D eigenvalue weighted by atomic mass is 35.5. The molecule has 120 valence electrons. The van der Waals surface area contributed by atoms with Gasteiger partial charge in [-0.2, -0.15) is 0 Å². The monoisotopic (exact) mass is 327 g/mol. The Kier molecular flexibility index (Phi) is 5.65. The summed E-state index contributed by atoms with van der Waals surface area (Å²) >= 11 is 0. The lowest BCUT2D eigenvalue weighted by Gasteiger charge is -2.26. The Morgan fingerprint density at radius 3 is 2.77 bits per heavy atom. The number of ether oxygens (including phenoxy) is 2. The summed E-state index contributed by atoms with van der Waals surface area (Å²) in [4.78, 5) is 13.4. The Balaban J connectivity index is 0.00000176. The van der Waals surface area contributed by atoms with Crippen LogP contribution in [0.4, 0.5) is 0 Å². The number of phenolic OH excluding ortho intramolecular Hbond substituents is 1. The van der Waals surface area contributed by atoms with Gasteiger partial charge in [-0.25, -0.2) is 4.79 Å². The van der Waals surface area contributed by atoms with Crippen molar-refractivity contribution in [1.29, 1.82) is 0 Å². The van der Waals surface area contributed by atoms with Crippen LogP contribution in [-0.2, 0) is 4.74 Å². The zero-order chi connectivity index (χ0) is 14.7. The first-order chi connectivity index (χ1) is 10.2. The van der Waals surface area contributed by atoms with Gasteiger partial charge in [0.15, 0.2) is 11.5 Å². The Morgan fingerprint density at radius 1 is 1.23 bits per heavy atom. The second-order valence-corrected chi connectivity index (χ2v) is 4.91. The van der Waals surface area contributed by atoms with E-state index in [1.807, 2.05) is 0 Å². The zero-order valence-corrected chi connectivity index (χ0v) is 12.8. The first-order valence-corrected chi connectivity index (χ1v) is 6.92. The van der Waals surface area contributed by atoms with Crippen molar-refractivity contribution < 1.29 is 19.0 Å². The summed E-state index contributed by atoms with van der Waals surface area (Å²) in [6.45, 7) is 4.57. The van der Waals surface area contributed by atoms with Gasteiger partial charge >= 0.3 is 5.63 Å². The van der Waals surface area contributed by atoms with Gasteiger partial charge in [-0.3, -0.25) is 4.90 Å². The molecule has 0 amide bonds. The van der Waals surface area contributed by atoms with Crippen molar-refractivity contribution in [2.24, 2.45) is 0 Å². The largest absolute Gasteiger partial charge is 0.504 e. The molecule has 1 aliphatic heterocycles. The number of halogens is 1. The normalized spacial score (nSPS) is 15.5. The van der Waals surface area contributed by atoms with Crippen molar-refractivity contribution >= 4 is 23.4 Å². The number of morpholine rings is 1. The molecule has 1 N–H and O–H groups in total. The van der Waals surface area contributed by atoms with Gasteiger partial charge < -0.3 is 19.0 Å². The Bertz CT molecular complexity index is 681. The van der Waals surface area contributed by atoms with Crippen LogP contribution in [-0.4, -0.2) is 49.5 Å². The first kappa shape index (κ1) is 16.6. The predicted molar refractivity (Wildman–Crippen MR) is 84.2 cm³/mol. The van der Waals surface area contributed by atoms with E-state index in [0.29, 0.717) is 23.3 Å². The van der Waals surface area contributed by atoms with E-state index in [0.717, 1.165) is 32.8 Å². The van der Waals surface area contributed by atoms with E-state index < -0.39 is 5.63 Å². The van der Waals surface area contributed by atoms with Gasteiger partial charge in [0, 0.05) is 37.2 Å². The van der Waals surface area contributed by atoms with Gasteiger partial charge in [-0.15, -0.1) is 12.4 Å². The second-order valence-electron chi connectivity index (χ2n) is 4.91. The molecule has 0 saturated carbocycles. The molecule has 2 aromatic rings. The molecule has 1 aromatic heterocycles. The lowest BCUT2D eigenvalue weighted by atomic mass is 10.2. The lowest BCUT2D eigenvalue weighted by Crippen LogP contribution is -2.38. The molecule has 1 saturated heterocycles. The van der Waals surface area contributed by atoms with E-state index in [1.54, 1.807) is 12.1 Å². The number of fused-ring (bicyclic) bond motifs is 1. The van der Waals surface area contributed by atoms with Gasteiger partial charge in [0.1, 0.15) is 12.2 Å². The van der Waals surface area contributed by atoms with Crippen LogP contribution in [0.25, 0.3) is 11.0 Å². The molecule has 0 bridgehead atoms. The molecule has 1 aromatic carbocycles. The fourth-order valence-corrected chi connectivity index (χ4v) is 2.31. The summed E-state index contributed by atoms with van der Waals surface area (Å²) in [5.41, 5.74) is -0.0941. The number of nitrogens with zero attached hydrogens (tertiary/aromatic N) is 1. The molecule has 0 unspecified atom stereocenters. The van der Waals surface area contributed by atoms with Crippen LogP contribution in [0.1, 0.15) is 0 Å². The Morgan fingerprint density at radius 2 is 2.00 bits per heavy atom. The van der Waals surface area contributed by atoms with Crippen molar-refractivity contribution in [1.82, 2.24) is 4.90 Å². The van der Waals surface area contributed by atoms with Gasteiger partial charge in [0.2, 0.25) is 0 Å². The SMILES string of the molecule is Cl.O=c1ccc2cc(OCCN3CCOCC3)c(O)cc2o1. The first-order valence-electron chi connectivity index (χ1n) is 6.92. The predicted octanol–water partition coefficient (Wildman–Crippen LogP) is 1.63. The average Bonchev–Trinajstić information content (AvgIpc) is 2.49. The number of phenols is 1. The topological polar surface area (TPSA) is 72.1 Å². The van der Waals surface area contributed by atoms with Crippen molar-refractivity contribution in [3.05, 3.63) is 34.7 Å². The van der Waals surface area contributed by atoms with Crippen LogP contribution in [0.5, 0.6) is 11.5 Å². The summed E-state index contributed by atoms with van der Waals surface area (Å²) in [6, 6.07) is 6.07. The van der Waals surface area contributed by atoms with E-state index >= 15 is 0 Å². The molecule has 0 radical (unpaired) electrons. The van der Waals surface area contributed by atoms with E-state index in [2.05, 4.69) is 4.90 Å². The summed E-state index contributed by atoms with van der Waals surface area (Å²) in [5, 5.41) is 10.6. The molecule has 0 atom stereocenters. The van der Waals surface area contributed by atoms with Crippen LogP contribution in [0.2, 0.25) is 0 Å². The number of hydrogen-bond acceptors (Lipinski definition) is 6. The van der Waals surface area contributed by atoms with Crippen LogP contribution in [0.15, 0.2) is 33.5 Å². The lowest BCUT2D eigenvalue weighted by molar-refractivity contribution is 0.0321. The van der Waals surface area contributed by atoms with Gasteiger partial charge in [0.25, 0.3) is 0 Å². The average molecular weight is 328 g/mol. The Labute approximate surface area is 133 Å². The highest BCUT2D eigenvalue weighted by molar-refractivity contribution is 5.85. The molecule has 2 heterocycles. The second kappa shape index (κ2) is 7.49. The molecule has 1 aliphatic rings. The molecule has 7 heteroatoms. The smallest absolute Gasteiger partial charge is 0.336 e. The van der Waals surface area contributed by atoms with E-state index in [-0.39, 0.29) is 18.2 Å². The standard InChI is InChI=1S/C15H17NO5.ClH/c17-12-10-13-11(1-2-15(18)21-13)9-14(12)20-8-5-16-3-6-19-7-4-16;/h1-2,9-10,17H,3-8H2;1H. The molecular formula is C15H18ClNO5. The van der Waals surface area contributed by atoms with Crippen molar-refractivity contribution in [3.63, 3.8) is 0 Å². The maximum Gasteiger partial charge on any atom is 0.336 e. The molecule has 3 rings (SSSR count). The Hall–Kier alpha value is -1.76. The van der Waals surface area contributed by atoms with Gasteiger partial charge in [-0.05, 0) is 12.1 Å². The molecule has 0 spiro atoms. The summed E-state index contributed by atoms with van der Waals surface area (Å²) < 4.78 is 15.9. The minimum Gasteiger partial charge on any atom is -0.504 e. The number of rotatable bonds is 4. The summed E-state index contributed by atoms with van der Waals surface area (Å²) in [5.74, 6) is 0.364. The summed E-state index contributed by atoms with van der Waals surface area (Å²) in [6.07, 6.45) is 0. The molecule has 0 aliphatic carbocycles. The highest BCUT2D eigenvalue weighted by Gasteiger charge is 2.11. The number of benzene rings is 1. The van der Waals surface area contributed by atoms with Crippen LogP contribution in [0, 0.1) is 0 Å². The minimum absolute atomic E-state index is 0. The maximum atomic E-state index is 11.1. The van der Waals surface area contributed by atoms with Gasteiger partial charge in [-0.1, -0.05) is 0 Å². The van der Waals surface area contributed by atoms with E-state index in [1.165, 1.54) is 12.1 Å². The number of hydrogen-bond donors (Lipinski definition) is 1. The van der Waals surface area contributed by atoms with E-state index in [9.17, 15) is 9.90 Å². The van der Waals surface area contributed by atoms with Crippen molar-refractivity contribution in [3.8, 4) is 11.5 Å². The minimum atomic E-state index is -0.442. The molecule has 22 heavy (non-hydrogen) atoms. The third-order valence-corrected chi connectivity index (χ3v) is 3.47. The molecule has 1 fully saturated rings.